The number of benzene rings is 1. The third kappa shape index (κ3) is 4.37. The molecule has 0 radical (unpaired) electrons. The molecule has 1 aromatic rings. The van der Waals surface area contributed by atoms with Crippen LogP contribution in [-0.2, 0) is 9.59 Å². The maximum absolute atomic E-state index is 13.2. The number of allylic oxidation sites excluding steroid dienone is 9. The first-order chi connectivity index (χ1) is 16.6. The Labute approximate surface area is 205 Å². The minimum absolute atomic E-state index is 0.101. The Morgan fingerprint density at radius 3 is 2.57 bits per heavy atom. The van der Waals surface area contributed by atoms with Gasteiger partial charge in [0.25, 0.3) is 0 Å². The van der Waals surface area contributed by atoms with Crippen molar-refractivity contribution in [2.24, 2.45) is 10.9 Å². The standard InChI is InChI=1S/C28H29N3O4/c1-16(2)28(34)29-23-14-18(30(3)4)7-9-21(23)25-26(32)22(27(25)33)13-17-11-12-31(5)24-15-19(35-6)8-10-20(17)24/h7-16,32H,1-6H3. The fourth-order valence-electron chi connectivity index (χ4n) is 3.97. The number of fused-ring (bicyclic) bond motifs is 1. The molecule has 0 aromatic heterocycles. The van der Waals surface area contributed by atoms with Crippen LogP contribution >= 0.6 is 0 Å². The number of aliphatic hydroxyl groups excluding tert-OH is 1. The third-order valence-corrected chi connectivity index (χ3v) is 6.13. The summed E-state index contributed by atoms with van der Waals surface area (Å²) in [7, 11) is 7.32. The van der Waals surface area contributed by atoms with Gasteiger partial charge in [0.05, 0.1) is 29.7 Å². The highest BCUT2D eigenvalue weighted by molar-refractivity contribution is 6.28. The fourth-order valence-corrected chi connectivity index (χ4v) is 3.97. The maximum Gasteiger partial charge on any atom is 0.248 e. The zero-order valence-electron chi connectivity index (χ0n) is 20.8. The predicted molar refractivity (Wildman–Crippen MR) is 138 cm³/mol. The zero-order chi connectivity index (χ0) is 25.4. The molecule has 3 aliphatic rings. The van der Waals surface area contributed by atoms with Gasteiger partial charge in [-0.3, -0.25) is 9.59 Å². The minimum Gasteiger partial charge on any atom is -0.506 e. The third-order valence-electron chi connectivity index (χ3n) is 6.13. The van der Waals surface area contributed by atoms with E-state index in [0.717, 1.165) is 28.3 Å². The lowest BCUT2D eigenvalue weighted by Crippen LogP contribution is -2.26. The van der Waals surface area contributed by atoms with Gasteiger partial charge in [-0.15, -0.1) is 0 Å². The number of ether oxygens (including phenoxy) is 1. The number of aliphatic imine (C=N–C) groups is 1. The SMILES string of the molecule is COc1ccc2c(c1)N(C)C=CC2=CC1=C(O)C(=C2C=CC(N(C)C)=CC2=NC(=O)C(C)C)C1=O. The van der Waals surface area contributed by atoms with Gasteiger partial charge in [0.1, 0.15) is 11.5 Å². The highest BCUT2D eigenvalue weighted by Crippen LogP contribution is 2.39. The molecule has 1 aromatic carbocycles. The summed E-state index contributed by atoms with van der Waals surface area (Å²) in [6.07, 6.45) is 10.8. The lowest BCUT2D eigenvalue weighted by atomic mass is 9.80. The lowest BCUT2D eigenvalue weighted by molar-refractivity contribution is -0.120. The fraction of sp³-hybridized carbons (Fsp3) is 0.250. The van der Waals surface area contributed by atoms with Crippen LogP contribution in [0.2, 0.25) is 0 Å². The van der Waals surface area contributed by atoms with Crippen LogP contribution < -0.4 is 9.64 Å². The number of aliphatic hydroxyl groups is 1. The number of anilines is 1. The summed E-state index contributed by atoms with van der Waals surface area (Å²) in [5.41, 5.74) is 4.70. The number of hydrogen-bond donors (Lipinski definition) is 1. The number of amides is 1. The summed E-state index contributed by atoms with van der Waals surface area (Å²) in [6, 6.07) is 5.71. The second-order valence-electron chi connectivity index (χ2n) is 9.08. The van der Waals surface area contributed by atoms with Crippen molar-refractivity contribution in [1.82, 2.24) is 4.90 Å². The van der Waals surface area contributed by atoms with E-state index >= 15 is 0 Å². The molecule has 0 spiro atoms. The summed E-state index contributed by atoms with van der Waals surface area (Å²) < 4.78 is 5.34. The van der Waals surface area contributed by atoms with Gasteiger partial charge in [-0.25, -0.2) is 4.99 Å². The van der Waals surface area contributed by atoms with Crippen LogP contribution in [0.1, 0.15) is 19.4 Å². The molecule has 0 fully saturated rings. The first-order valence-electron chi connectivity index (χ1n) is 11.4. The molecule has 4 rings (SSSR count). The number of carbonyl (C=O) groups excluding carboxylic acids is 2. The summed E-state index contributed by atoms with van der Waals surface area (Å²) in [5, 5.41) is 10.9. The smallest absolute Gasteiger partial charge is 0.248 e. The normalized spacial score (nSPS) is 21.5. The first kappa shape index (κ1) is 24.0. The summed E-state index contributed by atoms with van der Waals surface area (Å²) in [5.74, 6) is -0.230. The molecule has 180 valence electrons. The molecule has 0 atom stereocenters. The Kier molecular flexibility index (Phi) is 6.35. The molecule has 7 heteroatoms. The van der Waals surface area contributed by atoms with E-state index in [-0.39, 0.29) is 34.5 Å². The first-order valence-corrected chi connectivity index (χ1v) is 11.4. The van der Waals surface area contributed by atoms with Crippen molar-refractivity contribution in [3.8, 4) is 5.75 Å². The van der Waals surface area contributed by atoms with Crippen LogP contribution in [0.15, 0.2) is 87.9 Å². The van der Waals surface area contributed by atoms with Crippen LogP contribution in [0, 0.1) is 5.92 Å². The van der Waals surface area contributed by atoms with Crippen LogP contribution in [0.4, 0.5) is 5.69 Å². The molecule has 1 heterocycles. The number of Topliss-reactive ketones (excluding diaryl/α,β-unsaturated/α-hetero) is 1. The van der Waals surface area contributed by atoms with Gasteiger partial charge in [0.15, 0.2) is 0 Å². The van der Waals surface area contributed by atoms with Gasteiger partial charge in [-0.2, -0.15) is 0 Å². The maximum atomic E-state index is 13.2. The van der Waals surface area contributed by atoms with Crippen LogP contribution in [-0.4, -0.2) is 55.7 Å². The molecule has 1 N–H and O–H groups in total. The predicted octanol–water partition coefficient (Wildman–Crippen LogP) is 4.37. The average molecular weight is 472 g/mol. The quantitative estimate of drug-likeness (QED) is 0.657. The lowest BCUT2D eigenvalue weighted by Gasteiger charge is -2.27. The van der Waals surface area contributed by atoms with E-state index in [1.165, 1.54) is 0 Å². The van der Waals surface area contributed by atoms with Gasteiger partial charge in [-0.1, -0.05) is 13.8 Å². The summed E-state index contributed by atoms with van der Waals surface area (Å²) in [4.78, 5) is 33.7. The Balaban J connectivity index is 1.78. The number of likely N-dealkylation sites (N-methyl/N-ethyl adjacent to an activating group) is 1. The molecule has 7 nitrogen and oxygen atoms in total. The Bertz CT molecular complexity index is 1330. The zero-order valence-corrected chi connectivity index (χ0v) is 20.8. The van der Waals surface area contributed by atoms with Gasteiger partial charge in [0, 0.05) is 56.2 Å². The highest BCUT2D eigenvalue weighted by Gasteiger charge is 2.36. The van der Waals surface area contributed by atoms with Crippen LogP contribution in [0.5, 0.6) is 5.75 Å². The molecule has 0 bridgehead atoms. The number of rotatable bonds is 4. The van der Waals surface area contributed by atoms with Gasteiger partial charge >= 0.3 is 0 Å². The molecule has 0 saturated heterocycles. The van der Waals surface area contributed by atoms with Crippen LogP contribution in [0.25, 0.3) is 5.57 Å². The van der Waals surface area contributed by atoms with Gasteiger partial charge in [0.2, 0.25) is 11.7 Å². The second-order valence-corrected chi connectivity index (χ2v) is 9.08. The molecular formula is C28H29N3O4. The average Bonchev–Trinajstić information content (AvgIpc) is 2.84. The molecular weight excluding hydrogens is 442 g/mol. The van der Waals surface area contributed by atoms with E-state index in [1.54, 1.807) is 39.2 Å². The number of carbonyl (C=O) groups is 2. The van der Waals surface area contributed by atoms with E-state index in [2.05, 4.69) is 4.99 Å². The van der Waals surface area contributed by atoms with Crippen molar-refractivity contribution in [1.29, 1.82) is 0 Å². The number of nitrogens with zero attached hydrogens (tertiary/aromatic N) is 3. The molecule has 35 heavy (non-hydrogen) atoms. The van der Waals surface area contributed by atoms with Crippen molar-refractivity contribution < 1.29 is 19.4 Å². The summed E-state index contributed by atoms with van der Waals surface area (Å²) >= 11 is 0. The second kappa shape index (κ2) is 9.25. The van der Waals surface area contributed by atoms with E-state index in [9.17, 15) is 14.7 Å². The van der Waals surface area contributed by atoms with Crippen molar-refractivity contribution >= 4 is 28.7 Å². The Morgan fingerprint density at radius 1 is 1.20 bits per heavy atom. The number of hydrogen-bond acceptors (Lipinski definition) is 6. The van der Waals surface area contributed by atoms with Crippen molar-refractivity contribution in [3.05, 3.63) is 88.5 Å². The largest absolute Gasteiger partial charge is 0.506 e. The van der Waals surface area contributed by atoms with Crippen molar-refractivity contribution in [2.45, 2.75) is 13.8 Å². The highest BCUT2D eigenvalue weighted by atomic mass is 16.5. The Hall–Kier alpha value is -4.13. The molecule has 0 saturated carbocycles. The van der Waals surface area contributed by atoms with Crippen molar-refractivity contribution in [2.75, 3.05) is 33.2 Å². The summed E-state index contributed by atoms with van der Waals surface area (Å²) in [6.45, 7) is 3.54. The number of ketones is 1. The monoisotopic (exact) mass is 471 g/mol. The molecule has 0 unspecified atom stereocenters. The Morgan fingerprint density at radius 2 is 1.94 bits per heavy atom. The van der Waals surface area contributed by atoms with E-state index < -0.39 is 0 Å². The topological polar surface area (TPSA) is 82.4 Å². The molecule has 1 aliphatic heterocycles. The molecule has 1 amide bonds. The minimum atomic E-state index is -0.288. The van der Waals surface area contributed by atoms with Gasteiger partial charge in [-0.05, 0) is 48.1 Å². The van der Waals surface area contributed by atoms with Crippen molar-refractivity contribution in [3.63, 3.8) is 0 Å². The van der Waals surface area contributed by atoms with E-state index in [1.807, 2.05) is 67.5 Å². The van der Waals surface area contributed by atoms with Crippen LogP contribution in [0.3, 0.4) is 0 Å². The number of methoxy groups -OCH3 is 1. The van der Waals surface area contributed by atoms with E-state index in [0.29, 0.717) is 11.3 Å². The molecule has 2 aliphatic carbocycles. The van der Waals surface area contributed by atoms with E-state index in [4.69, 9.17) is 4.74 Å². The van der Waals surface area contributed by atoms with Gasteiger partial charge < -0.3 is 19.6 Å².